The van der Waals surface area contributed by atoms with E-state index in [0.29, 0.717) is 6.04 Å². The third kappa shape index (κ3) is 7.80. The lowest BCUT2D eigenvalue weighted by molar-refractivity contribution is 0.247. The average molecular weight is 214 g/mol. The lowest BCUT2D eigenvalue weighted by atomic mass is 10.1. The van der Waals surface area contributed by atoms with E-state index in [1.165, 1.54) is 32.4 Å². The van der Waals surface area contributed by atoms with Crippen LogP contribution in [0.2, 0.25) is 0 Å². The molecule has 0 amide bonds. The first kappa shape index (κ1) is 14.9. The Morgan fingerprint density at radius 2 is 1.80 bits per heavy atom. The van der Waals surface area contributed by atoms with E-state index in [2.05, 4.69) is 45.0 Å². The SMILES string of the molecule is CCCC(CN(C)CC(C)CC)NCC. The molecule has 2 nitrogen and oxygen atoms in total. The number of nitrogens with one attached hydrogen (secondary N) is 1. The fourth-order valence-electron chi connectivity index (χ4n) is 2.01. The van der Waals surface area contributed by atoms with Crippen molar-refractivity contribution in [1.82, 2.24) is 10.2 Å². The van der Waals surface area contributed by atoms with Gasteiger partial charge in [0, 0.05) is 19.1 Å². The Balaban J connectivity index is 3.81. The van der Waals surface area contributed by atoms with E-state index in [1.807, 2.05) is 0 Å². The molecule has 1 N–H and O–H groups in total. The topological polar surface area (TPSA) is 15.3 Å². The van der Waals surface area contributed by atoms with Crippen molar-refractivity contribution in [2.75, 3.05) is 26.7 Å². The molecule has 0 heterocycles. The minimum atomic E-state index is 0.675. The molecule has 0 aromatic heterocycles. The van der Waals surface area contributed by atoms with Crippen LogP contribution in [0.5, 0.6) is 0 Å². The molecule has 2 unspecified atom stereocenters. The van der Waals surface area contributed by atoms with Crippen LogP contribution in [-0.4, -0.2) is 37.6 Å². The predicted octanol–water partition coefficient (Wildman–Crippen LogP) is 2.74. The van der Waals surface area contributed by atoms with E-state index in [-0.39, 0.29) is 0 Å². The molecule has 0 aromatic rings. The van der Waals surface area contributed by atoms with Crippen molar-refractivity contribution in [3.05, 3.63) is 0 Å². The summed E-state index contributed by atoms with van der Waals surface area (Å²) in [5.41, 5.74) is 0. The molecule has 2 atom stereocenters. The van der Waals surface area contributed by atoms with E-state index >= 15 is 0 Å². The molecular formula is C13H30N2. The molecule has 0 saturated carbocycles. The van der Waals surface area contributed by atoms with E-state index in [4.69, 9.17) is 0 Å². The van der Waals surface area contributed by atoms with Gasteiger partial charge in [0.2, 0.25) is 0 Å². The maximum absolute atomic E-state index is 3.56. The van der Waals surface area contributed by atoms with Gasteiger partial charge in [-0.15, -0.1) is 0 Å². The van der Waals surface area contributed by atoms with Crippen molar-refractivity contribution < 1.29 is 0 Å². The van der Waals surface area contributed by atoms with Gasteiger partial charge in [-0.3, -0.25) is 0 Å². The zero-order valence-corrected chi connectivity index (χ0v) is 11.3. The molecular weight excluding hydrogens is 184 g/mol. The average Bonchev–Trinajstić information content (AvgIpc) is 2.18. The van der Waals surface area contributed by atoms with Crippen molar-refractivity contribution in [2.24, 2.45) is 5.92 Å². The predicted molar refractivity (Wildman–Crippen MR) is 69.3 cm³/mol. The zero-order valence-electron chi connectivity index (χ0n) is 11.3. The summed E-state index contributed by atoms with van der Waals surface area (Å²) in [7, 11) is 2.24. The standard InChI is InChI=1S/C13H30N2/c1-6-9-13(14-8-3)11-15(5)10-12(4)7-2/h12-14H,6-11H2,1-5H3. The summed E-state index contributed by atoms with van der Waals surface area (Å²) in [4.78, 5) is 2.47. The van der Waals surface area contributed by atoms with Gasteiger partial charge in [0.15, 0.2) is 0 Å². The van der Waals surface area contributed by atoms with Crippen LogP contribution in [0.25, 0.3) is 0 Å². The first-order chi connectivity index (χ1) is 7.13. The Hall–Kier alpha value is -0.0800. The molecule has 0 bridgehead atoms. The molecule has 0 saturated heterocycles. The summed E-state index contributed by atoms with van der Waals surface area (Å²) in [6, 6.07) is 0.675. The van der Waals surface area contributed by atoms with Gasteiger partial charge in [0.1, 0.15) is 0 Å². The van der Waals surface area contributed by atoms with Gasteiger partial charge in [0.05, 0.1) is 0 Å². The van der Waals surface area contributed by atoms with Gasteiger partial charge in [-0.05, 0) is 25.9 Å². The largest absolute Gasteiger partial charge is 0.313 e. The van der Waals surface area contributed by atoms with Crippen LogP contribution in [0.15, 0.2) is 0 Å². The van der Waals surface area contributed by atoms with E-state index < -0.39 is 0 Å². The van der Waals surface area contributed by atoms with Crippen LogP contribution < -0.4 is 5.32 Å². The van der Waals surface area contributed by atoms with Crippen LogP contribution >= 0.6 is 0 Å². The van der Waals surface area contributed by atoms with Gasteiger partial charge < -0.3 is 10.2 Å². The van der Waals surface area contributed by atoms with Crippen LogP contribution in [0.1, 0.15) is 47.0 Å². The van der Waals surface area contributed by atoms with Crippen molar-refractivity contribution in [3.63, 3.8) is 0 Å². The normalized spacial score (nSPS) is 15.6. The highest BCUT2D eigenvalue weighted by atomic mass is 15.1. The fraction of sp³-hybridized carbons (Fsp3) is 1.00. The molecule has 0 aromatic carbocycles. The lowest BCUT2D eigenvalue weighted by Crippen LogP contribution is -2.40. The molecule has 0 radical (unpaired) electrons. The molecule has 0 aliphatic heterocycles. The molecule has 0 rings (SSSR count). The Kier molecular flexibility index (Phi) is 9.12. The molecule has 0 spiro atoms. The molecule has 0 fully saturated rings. The molecule has 2 heteroatoms. The fourth-order valence-corrected chi connectivity index (χ4v) is 2.01. The second-order valence-electron chi connectivity index (χ2n) is 4.78. The lowest BCUT2D eigenvalue weighted by Gasteiger charge is -2.26. The summed E-state index contributed by atoms with van der Waals surface area (Å²) < 4.78 is 0. The molecule has 92 valence electrons. The van der Waals surface area contributed by atoms with Gasteiger partial charge in [-0.25, -0.2) is 0 Å². The van der Waals surface area contributed by atoms with Crippen molar-refractivity contribution in [1.29, 1.82) is 0 Å². The highest BCUT2D eigenvalue weighted by molar-refractivity contribution is 4.70. The Bertz CT molecular complexity index is 130. The summed E-state index contributed by atoms with van der Waals surface area (Å²) in [6.07, 6.45) is 3.84. The van der Waals surface area contributed by atoms with Crippen LogP contribution in [0.3, 0.4) is 0 Å². The summed E-state index contributed by atoms with van der Waals surface area (Å²) in [6.45, 7) is 12.6. The number of nitrogens with zero attached hydrogens (tertiary/aromatic N) is 1. The second-order valence-corrected chi connectivity index (χ2v) is 4.78. The van der Waals surface area contributed by atoms with E-state index in [0.717, 1.165) is 12.5 Å². The molecule has 0 aliphatic rings. The van der Waals surface area contributed by atoms with Gasteiger partial charge in [-0.1, -0.05) is 40.5 Å². The highest BCUT2D eigenvalue weighted by Crippen LogP contribution is 2.05. The van der Waals surface area contributed by atoms with Crippen molar-refractivity contribution in [2.45, 2.75) is 53.0 Å². The Morgan fingerprint density at radius 3 is 2.27 bits per heavy atom. The van der Waals surface area contributed by atoms with Crippen LogP contribution in [0, 0.1) is 5.92 Å². The maximum Gasteiger partial charge on any atom is 0.0194 e. The quantitative estimate of drug-likeness (QED) is 0.635. The van der Waals surface area contributed by atoms with Gasteiger partial charge >= 0.3 is 0 Å². The number of likely N-dealkylation sites (N-methyl/N-ethyl adjacent to an activating group) is 2. The first-order valence-electron chi connectivity index (χ1n) is 6.55. The number of hydrogen-bond donors (Lipinski definition) is 1. The monoisotopic (exact) mass is 214 g/mol. The zero-order chi connectivity index (χ0) is 11.7. The van der Waals surface area contributed by atoms with E-state index in [9.17, 15) is 0 Å². The Morgan fingerprint density at radius 1 is 1.13 bits per heavy atom. The highest BCUT2D eigenvalue weighted by Gasteiger charge is 2.11. The van der Waals surface area contributed by atoms with E-state index in [1.54, 1.807) is 0 Å². The minimum absolute atomic E-state index is 0.675. The van der Waals surface area contributed by atoms with Gasteiger partial charge in [0.25, 0.3) is 0 Å². The third-order valence-electron chi connectivity index (χ3n) is 2.98. The summed E-state index contributed by atoms with van der Waals surface area (Å²) in [5, 5.41) is 3.56. The minimum Gasteiger partial charge on any atom is -0.313 e. The smallest absolute Gasteiger partial charge is 0.0194 e. The number of hydrogen-bond acceptors (Lipinski definition) is 2. The second kappa shape index (κ2) is 9.17. The van der Waals surface area contributed by atoms with Crippen molar-refractivity contribution in [3.8, 4) is 0 Å². The molecule has 15 heavy (non-hydrogen) atoms. The Labute approximate surface area is 96.4 Å². The van der Waals surface area contributed by atoms with Gasteiger partial charge in [-0.2, -0.15) is 0 Å². The maximum atomic E-state index is 3.56. The summed E-state index contributed by atoms with van der Waals surface area (Å²) in [5.74, 6) is 0.818. The summed E-state index contributed by atoms with van der Waals surface area (Å²) >= 11 is 0. The number of rotatable bonds is 9. The van der Waals surface area contributed by atoms with Crippen LogP contribution in [0.4, 0.5) is 0 Å². The first-order valence-corrected chi connectivity index (χ1v) is 6.55. The molecule has 0 aliphatic carbocycles. The van der Waals surface area contributed by atoms with Crippen molar-refractivity contribution >= 4 is 0 Å². The van der Waals surface area contributed by atoms with Crippen LogP contribution in [-0.2, 0) is 0 Å². The third-order valence-corrected chi connectivity index (χ3v) is 2.98.